The highest BCUT2D eigenvalue weighted by atomic mass is 28.4. The van der Waals surface area contributed by atoms with Crippen LogP contribution in [-0.4, -0.2) is 90.4 Å². The highest BCUT2D eigenvalue weighted by molar-refractivity contribution is 6.61. The molecule has 0 unspecified atom stereocenters. The summed E-state index contributed by atoms with van der Waals surface area (Å²) in [5.74, 6) is 0.768. The Morgan fingerprint density at radius 3 is 0.804 bits per heavy atom. The first-order valence-electron chi connectivity index (χ1n) is 23.1. The van der Waals surface area contributed by atoms with Crippen molar-refractivity contribution >= 4 is 26.4 Å². The molecule has 0 spiro atoms. The van der Waals surface area contributed by atoms with Gasteiger partial charge < -0.3 is 39.8 Å². The summed E-state index contributed by atoms with van der Waals surface area (Å²) in [6, 6.07) is 2.41. The van der Waals surface area contributed by atoms with Crippen LogP contribution in [0.15, 0.2) is 0 Å². The zero-order valence-electron chi connectivity index (χ0n) is 39.2. The van der Waals surface area contributed by atoms with Crippen molar-refractivity contribution in [2.75, 3.05) is 64.0 Å². The summed E-state index contributed by atoms with van der Waals surface area (Å²) in [5, 5.41) is 0. The normalized spacial score (nSPS) is 13.1. The molecule has 12 heteroatoms. The van der Waals surface area contributed by atoms with Crippen molar-refractivity contribution in [2.24, 2.45) is 11.3 Å². The third-order valence-electron chi connectivity index (χ3n) is 12.9. The molecule has 0 aromatic rings. The number of hydrogen-bond acceptors (Lipinski definition) is 9. The maximum absolute atomic E-state index is 5.89. The predicted octanol–water partition coefficient (Wildman–Crippen LogP) is 13.2. The van der Waals surface area contributed by atoms with Crippen molar-refractivity contribution in [2.45, 2.75) is 212 Å². The molecule has 0 atom stereocenters. The first-order valence-corrected chi connectivity index (χ1v) is 28.9. The zero-order chi connectivity index (χ0) is 41.9. The lowest BCUT2D eigenvalue weighted by Crippen LogP contribution is -2.43. The molecule has 0 saturated heterocycles. The molecule has 338 valence electrons. The summed E-state index contributed by atoms with van der Waals surface area (Å²) in [6.07, 6.45) is 36.3. The number of rotatable bonds is 44. The fourth-order valence-electron chi connectivity index (χ4n) is 8.89. The highest BCUT2D eigenvalue weighted by Crippen LogP contribution is 2.45. The van der Waals surface area contributed by atoms with Crippen LogP contribution in [0.5, 0.6) is 0 Å². The Bertz CT molecular complexity index is 733. The van der Waals surface area contributed by atoms with E-state index in [1.165, 1.54) is 141 Å². The van der Waals surface area contributed by atoms with E-state index in [-0.39, 0.29) is 5.41 Å². The Hall–Kier alpha value is 0.291. The molecule has 0 radical (unpaired) electrons. The van der Waals surface area contributed by atoms with Gasteiger partial charge >= 0.3 is 26.4 Å². The van der Waals surface area contributed by atoms with Gasteiger partial charge in [0, 0.05) is 82.1 Å². The van der Waals surface area contributed by atoms with Gasteiger partial charge in [-0.2, -0.15) is 0 Å². The smallest absolute Gasteiger partial charge is 0.377 e. The second-order valence-corrected chi connectivity index (χ2v) is 25.9. The van der Waals surface area contributed by atoms with Crippen LogP contribution in [-0.2, 0) is 39.8 Å². The molecule has 0 N–H and O–H groups in total. The second kappa shape index (κ2) is 36.0. The Kier molecular flexibility index (Phi) is 36.2. The molecule has 0 aromatic heterocycles. The third kappa shape index (κ3) is 24.5. The van der Waals surface area contributed by atoms with Gasteiger partial charge in [-0.25, -0.2) is 0 Å². The molecule has 56 heavy (non-hydrogen) atoms. The van der Waals surface area contributed by atoms with E-state index in [0.717, 1.165) is 62.6 Å². The molecule has 0 aliphatic heterocycles. The molecular formula is C44H96O9Si3. The van der Waals surface area contributed by atoms with Crippen molar-refractivity contribution < 1.29 is 39.8 Å². The van der Waals surface area contributed by atoms with Crippen molar-refractivity contribution in [3.8, 4) is 0 Å². The SMILES string of the molecule is CCCCCCCCCCCC(CCCCCCCCCCC)CCC(CCC[Si](OC)(OC)OC)(CCC[Si](OC)(OC)OC)CCC[Si](OC)(OC)OC. The fraction of sp³-hybridized carbons (Fsp3) is 1.00. The molecule has 0 aliphatic rings. The second-order valence-electron chi connectivity index (χ2n) is 16.6. The van der Waals surface area contributed by atoms with Crippen LogP contribution >= 0.6 is 0 Å². The lowest BCUT2D eigenvalue weighted by molar-refractivity contribution is 0.109. The lowest BCUT2D eigenvalue weighted by Gasteiger charge is -2.38. The van der Waals surface area contributed by atoms with Crippen LogP contribution in [0.2, 0.25) is 18.1 Å². The lowest BCUT2D eigenvalue weighted by atomic mass is 9.70. The van der Waals surface area contributed by atoms with Gasteiger partial charge in [-0.05, 0) is 62.7 Å². The van der Waals surface area contributed by atoms with Gasteiger partial charge in [0.15, 0.2) is 0 Å². The van der Waals surface area contributed by atoms with Crippen LogP contribution in [0.3, 0.4) is 0 Å². The van der Waals surface area contributed by atoms with Crippen LogP contribution in [0, 0.1) is 11.3 Å². The van der Waals surface area contributed by atoms with E-state index < -0.39 is 26.4 Å². The molecule has 0 amide bonds. The average molecular weight is 854 g/mol. The van der Waals surface area contributed by atoms with E-state index in [4.69, 9.17) is 39.8 Å². The monoisotopic (exact) mass is 853 g/mol. The minimum Gasteiger partial charge on any atom is -0.377 e. The standard InChI is InChI=1S/C44H96O9Si3/c1-12-14-16-18-20-22-24-26-28-33-43(34-29-27-25-23-21-19-17-15-13-2)35-39-44(36-30-40-54(45-3,46-4)47-5,37-31-41-55(48-6,49-7)50-8)38-32-42-56(51-9,52-10)53-11/h43H,12-42H2,1-11H3. The molecule has 0 aromatic carbocycles. The largest absolute Gasteiger partial charge is 0.500 e. The van der Waals surface area contributed by atoms with Crippen LogP contribution in [0.4, 0.5) is 0 Å². The van der Waals surface area contributed by atoms with Gasteiger partial charge in [-0.1, -0.05) is 142 Å². The molecule has 9 nitrogen and oxygen atoms in total. The van der Waals surface area contributed by atoms with Gasteiger partial charge in [-0.3, -0.25) is 0 Å². The van der Waals surface area contributed by atoms with Crippen molar-refractivity contribution in [3.63, 3.8) is 0 Å². The van der Waals surface area contributed by atoms with E-state index in [0.29, 0.717) is 0 Å². The third-order valence-corrected chi connectivity index (χ3v) is 21.4. The zero-order valence-corrected chi connectivity index (χ0v) is 42.2. The Balaban J connectivity index is 6.17. The van der Waals surface area contributed by atoms with Crippen molar-refractivity contribution in [1.29, 1.82) is 0 Å². The number of hydrogen-bond donors (Lipinski definition) is 0. The predicted molar refractivity (Wildman–Crippen MR) is 241 cm³/mol. The van der Waals surface area contributed by atoms with Crippen molar-refractivity contribution in [1.82, 2.24) is 0 Å². The van der Waals surface area contributed by atoms with Crippen LogP contribution in [0.25, 0.3) is 0 Å². The Labute approximate surface area is 352 Å². The van der Waals surface area contributed by atoms with E-state index in [1.54, 1.807) is 64.0 Å². The summed E-state index contributed by atoms with van der Waals surface area (Å²) >= 11 is 0. The number of unbranched alkanes of at least 4 members (excludes halogenated alkanes) is 16. The van der Waals surface area contributed by atoms with Gasteiger partial charge in [0.1, 0.15) is 0 Å². The summed E-state index contributed by atoms with van der Waals surface area (Å²) in [5.41, 5.74) is 0.120. The van der Waals surface area contributed by atoms with Gasteiger partial charge in [-0.15, -0.1) is 0 Å². The fourth-order valence-corrected chi connectivity index (χ4v) is 14.1. The molecule has 0 fully saturated rings. The van der Waals surface area contributed by atoms with E-state index in [1.807, 2.05) is 0 Å². The molecule has 0 bridgehead atoms. The quantitative estimate of drug-likeness (QED) is 0.0439. The van der Waals surface area contributed by atoms with E-state index in [2.05, 4.69) is 13.8 Å². The van der Waals surface area contributed by atoms with Crippen LogP contribution in [0.1, 0.15) is 194 Å². The minimum atomic E-state index is -2.70. The van der Waals surface area contributed by atoms with Crippen LogP contribution < -0.4 is 0 Å². The summed E-state index contributed by atoms with van der Waals surface area (Å²) in [4.78, 5) is 0. The van der Waals surface area contributed by atoms with Crippen molar-refractivity contribution in [3.05, 3.63) is 0 Å². The minimum absolute atomic E-state index is 0.120. The average Bonchev–Trinajstić information content (AvgIpc) is 3.23. The first-order chi connectivity index (χ1) is 27.2. The molecular weight excluding hydrogens is 757 g/mol. The van der Waals surface area contributed by atoms with E-state index >= 15 is 0 Å². The highest BCUT2D eigenvalue weighted by Gasteiger charge is 2.42. The molecule has 0 heterocycles. The summed E-state index contributed by atoms with van der Waals surface area (Å²) in [7, 11) is 7.44. The molecule has 0 saturated carbocycles. The molecule has 0 rings (SSSR count). The van der Waals surface area contributed by atoms with Gasteiger partial charge in [0.25, 0.3) is 0 Å². The van der Waals surface area contributed by atoms with E-state index in [9.17, 15) is 0 Å². The maximum atomic E-state index is 5.89. The Morgan fingerprint density at radius 2 is 0.554 bits per heavy atom. The summed E-state index contributed by atoms with van der Waals surface area (Å²) < 4.78 is 53.0. The summed E-state index contributed by atoms with van der Waals surface area (Å²) in [6.45, 7) is 4.61. The van der Waals surface area contributed by atoms with Gasteiger partial charge in [0.05, 0.1) is 0 Å². The van der Waals surface area contributed by atoms with Gasteiger partial charge in [0.2, 0.25) is 0 Å². The topological polar surface area (TPSA) is 83.1 Å². The maximum Gasteiger partial charge on any atom is 0.500 e. The Morgan fingerprint density at radius 1 is 0.304 bits per heavy atom. The first kappa shape index (κ1) is 56.3. The molecule has 0 aliphatic carbocycles.